The highest BCUT2D eigenvalue weighted by atomic mass is 14.4. The van der Waals surface area contributed by atoms with Crippen LogP contribution in [-0.2, 0) is 0 Å². The third-order valence-electron chi connectivity index (χ3n) is 5.74. The average Bonchev–Trinajstić information content (AvgIpc) is 2.90. The molecule has 1 unspecified atom stereocenters. The maximum absolute atomic E-state index is 2.38. The molecule has 27 heavy (non-hydrogen) atoms. The van der Waals surface area contributed by atoms with Gasteiger partial charge in [-0.3, -0.25) is 0 Å². The van der Waals surface area contributed by atoms with Crippen molar-refractivity contribution in [2.24, 2.45) is 0 Å². The lowest BCUT2D eigenvalue weighted by atomic mass is 9.74. The largest absolute Gasteiger partial charge is 0.0642 e. The van der Waals surface area contributed by atoms with Crippen LogP contribution in [0.1, 0.15) is 63.3 Å². The molecule has 4 rings (SSSR count). The summed E-state index contributed by atoms with van der Waals surface area (Å²) in [6.45, 7) is 11.1. The Kier molecular flexibility index (Phi) is 4.52. The van der Waals surface area contributed by atoms with Crippen LogP contribution in [0, 0.1) is 27.7 Å². The first-order valence-electron chi connectivity index (χ1n) is 9.86. The topological polar surface area (TPSA) is 0 Å². The minimum absolute atomic E-state index is 0.335. The lowest BCUT2D eigenvalue weighted by Crippen LogP contribution is -2.13. The smallest absolute Gasteiger partial charge is 0.0196 e. The molecule has 0 aliphatic heterocycles. The zero-order valence-electron chi connectivity index (χ0n) is 17.0. The van der Waals surface area contributed by atoms with Crippen molar-refractivity contribution >= 4 is 6.08 Å². The third kappa shape index (κ3) is 3.37. The highest BCUT2D eigenvalue weighted by molar-refractivity contribution is 5.68. The molecule has 0 saturated carbocycles. The number of allylic oxidation sites excluding steroid dienone is 1. The second kappa shape index (κ2) is 6.85. The van der Waals surface area contributed by atoms with E-state index in [0.29, 0.717) is 11.8 Å². The molecule has 0 amide bonds. The maximum atomic E-state index is 2.38. The van der Waals surface area contributed by atoms with Gasteiger partial charge in [0.1, 0.15) is 0 Å². The summed E-state index contributed by atoms with van der Waals surface area (Å²) in [6, 6.07) is 22.9. The van der Waals surface area contributed by atoms with Crippen LogP contribution in [0.25, 0.3) is 6.08 Å². The van der Waals surface area contributed by atoms with Crippen LogP contribution in [0.3, 0.4) is 0 Å². The Morgan fingerprint density at radius 1 is 0.630 bits per heavy atom. The molecule has 0 aromatic heterocycles. The summed E-state index contributed by atoms with van der Waals surface area (Å²) in [4.78, 5) is 0. The van der Waals surface area contributed by atoms with Crippen molar-refractivity contribution < 1.29 is 0 Å². The van der Waals surface area contributed by atoms with Crippen molar-refractivity contribution in [2.75, 3.05) is 0 Å². The van der Waals surface area contributed by atoms with Gasteiger partial charge < -0.3 is 0 Å². The second-order valence-corrected chi connectivity index (χ2v) is 8.31. The minimum atomic E-state index is 0.335. The van der Waals surface area contributed by atoms with Crippen LogP contribution in [0.2, 0.25) is 0 Å². The van der Waals surface area contributed by atoms with Gasteiger partial charge in [0.15, 0.2) is 0 Å². The molecule has 0 N–H and O–H groups in total. The summed E-state index contributed by atoms with van der Waals surface area (Å²) < 4.78 is 0. The number of hydrogen-bond acceptors (Lipinski definition) is 0. The van der Waals surface area contributed by atoms with Gasteiger partial charge in [0.25, 0.3) is 0 Å². The van der Waals surface area contributed by atoms with Crippen molar-refractivity contribution in [1.82, 2.24) is 0 Å². The van der Waals surface area contributed by atoms with E-state index in [0.717, 1.165) is 0 Å². The van der Waals surface area contributed by atoms with Gasteiger partial charge in [-0.25, -0.2) is 0 Å². The Morgan fingerprint density at radius 2 is 1.11 bits per heavy atom. The highest BCUT2D eigenvalue weighted by Gasteiger charge is 2.32. The second-order valence-electron chi connectivity index (χ2n) is 8.31. The Hall–Kier alpha value is -2.60. The van der Waals surface area contributed by atoms with Crippen molar-refractivity contribution in [1.29, 1.82) is 0 Å². The quantitative estimate of drug-likeness (QED) is 0.465. The van der Waals surface area contributed by atoms with Gasteiger partial charge in [-0.2, -0.15) is 0 Å². The van der Waals surface area contributed by atoms with Gasteiger partial charge in [0, 0.05) is 11.8 Å². The van der Waals surface area contributed by atoms with Crippen LogP contribution in [0.5, 0.6) is 0 Å². The van der Waals surface area contributed by atoms with Crippen molar-refractivity contribution in [2.45, 2.75) is 46.5 Å². The number of hydrogen-bond donors (Lipinski definition) is 0. The fourth-order valence-corrected chi connectivity index (χ4v) is 4.90. The first kappa shape index (κ1) is 17.8. The Bertz CT molecular complexity index is 944. The molecule has 1 aliphatic rings. The molecule has 3 aromatic carbocycles. The molecule has 0 heterocycles. The molecule has 0 heteroatoms. The molecule has 0 saturated heterocycles. The first-order chi connectivity index (χ1) is 12.9. The summed E-state index contributed by atoms with van der Waals surface area (Å²) >= 11 is 0. The fraction of sp³-hybridized carbons (Fsp3) is 0.259. The van der Waals surface area contributed by atoms with E-state index in [2.05, 4.69) is 101 Å². The molecule has 136 valence electrons. The van der Waals surface area contributed by atoms with Crippen LogP contribution in [-0.4, -0.2) is 0 Å². The Labute approximate surface area is 163 Å². The van der Waals surface area contributed by atoms with E-state index >= 15 is 0 Å². The van der Waals surface area contributed by atoms with E-state index < -0.39 is 0 Å². The zero-order chi connectivity index (χ0) is 19.1. The summed E-state index contributed by atoms with van der Waals surface area (Å²) in [5.74, 6) is 0.728. The third-order valence-corrected chi connectivity index (χ3v) is 5.74. The van der Waals surface area contributed by atoms with E-state index in [1.807, 2.05) is 0 Å². The molecular formula is C27H28. The lowest BCUT2D eigenvalue weighted by molar-refractivity contribution is 0.691. The van der Waals surface area contributed by atoms with Crippen molar-refractivity contribution in [3.63, 3.8) is 0 Å². The Morgan fingerprint density at radius 3 is 1.63 bits per heavy atom. The molecular weight excluding hydrogens is 324 g/mol. The normalized spacial score (nSPS) is 15.8. The summed E-state index contributed by atoms with van der Waals surface area (Å²) in [7, 11) is 0. The van der Waals surface area contributed by atoms with Gasteiger partial charge in [-0.15, -0.1) is 0 Å². The summed E-state index contributed by atoms with van der Waals surface area (Å²) in [6.07, 6.45) is 2.37. The minimum Gasteiger partial charge on any atom is -0.0642 e. The van der Waals surface area contributed by atoms with E-state index in [1.165, 1.54) is 50.1 Å². The van der Waals surface area contributed by atoms with E-state index in [4.69, 9.17) is 0 Å². The van der Waals surface area contributed by atoms with Crippen LogP contribution in [0.4, 0.5) is 0 Å². The van der Waals surface area contributed by atoms with Crippen LogP contribution < -0.4 is 0 Å². The maximum Gasteiger partial charge on any atom is 0.0196 e. The summed E-state index contributed by atoms with van der Waals surface area (Å²) in [5.41, 5.74) is 12.5. The molecule has 0 spiro atoms. The van der Waals surface area contributed by atoms with Gasteiger partial charge in [0.05, 0.1) is 0 Å². The molecule has 3 aromatic rings. The fourth-order valence-electron chi connectivity index (χ4n) is 4.90. The van der Waals surface area contributed by atoms with Crippen molar-refractivity contribution in [3.8, 4) is 0 Å². The lowest BCUT2D eigenvalue weighted by Gasteiger charge is -2.29. The zero-order valence-corrected chi connectivity index (χ0v) is 17.0. The van der Waals surface area contributed by atoms with Crippen molar-refractivity contribution in [3.05, 3.63) is 111 Å². The standard InChI is InChI=1S/C27H28/c1-17-10-18(2)13-23(12-17)27(24-14-19(3)11-20(4)15-24)26-21(5)16-22-8-6-7-9-25(22)26/h6-16,26-27H,1-5H3. The van der Waals surface area contributed by atoms with Crippen LogP contribution >= 0.6 is 0 Å². The molecule has 0 nitrogen and oxygen atoms in total. The van der Waals surface area contributed by atoms with Gasteiger partial charge in [0.2, 0.25) is 0 Å². The van der Waals surface area contributed by atoms with E-state index in [1.54, 1.807) is 0 Å². The average molecular weight is 353 g/mol. The van der Waals surface area contributed by atoms with E-state index in [9.17, 15) is 0 Å². The molecule has 1 aliphatic carbocycles. The predicted octanol–water partition coefficient (Wildman–Crippen LogP) is 7.25. The molecule has 0 fully saturated rings. The van der Waals surface area contributed by atoms with Gasteiger partial charge in [-0.1, -0.05) is 94.6 Å². The predicted molar refractivity (Wildman–Crippen MR) is 117 cm³/mol. The van der Waals surface area contributed by atoms with E-state index in [-0.39, 0.29) is 0 Å². The van der Waals surface area contributed by atoms with Gasteiger partial charge in [-0.05, 0) is 56.9 Å². The number of aryl methyl sites for hydroxylation is 4. The van der Waals surface area contributed by atoms with Gasteiger partial charge >= 0.3 is 0 Å². The number of fused-ring (bicyclic) bond motifs is 1. The molecule has 0 radical (unpaired) electrons. The molecule has 0 bridgehead atoms. The SMILES string of the molecule is CC1=Cc2ccccc2C1C(c1cc(C)cc(C)c1)c1cc(C)cc(C)c1. The molecule has 1 atom stereocenters. The Balaban J connectivity index is 1.95. The highest BCUT2D eigenvalue weighted by Crippen LogP contribution is 2.48. The summed E-state index contributed by atoms with van der Waals surface area (Å²) in [5, 5.41) is 0. The monoisotopic (exact) mass is 352 g/mol. The number of benzene rings is 3. The number of rotatable bonds is 3. The van der Waals surface area contributed by atoms with Crippen LogP contribution in [0.15, 0.2) is 66.2 Å². The first-order valence-corrected chi connectivity index (χ1v) is 9.86.